The van der Waals surface area contributed by atoms with Crippen LogP contribution < -0.4 is 4.90 Å². The van der Waals surface area contributed by atoms with Gasteiger partial charge in [-0.2, -0.15) is 0 Å². The lowest BCUT2D eigenvalue weighted by Gasteiger charge is -2.31. The Bertz CT molecular complexity index is 595. The molecule has 1 nitrogen and oxygen atoms in total. The Kier molecular flexibility index (Phi) is 4.38. The second kappa shape index (κ2) is 6.42. The maximum atomic E-state index is 5.64. The number of hydrogen-bond acceptors (Lipinski definition) is 2. The summed E-state index contributed by atoms with van der Waals surface area (Å²) >= 11 is 7.40. The minimum atomic E-state index is 0.943. The molecule has 0 aliphatic carbocycles. The largest absolute Gasteiger partial charge is 0.327 e. The summed E-state index contributed by atoms with van der Waals surface area (Å²) in [5.74, 6) is 0.943. The van der Waals surface area contributed by atoms with Crippen LogP contribution in [-0.2, 0) is 12.2 Å². The van der Waals surface area contributed by atoms with Crippen LogP contribution in [0.3, 0.4) is 0 Å². The summed E-state index contributed by atoms with van der Waals surface area (Å²) in [7, 11) is 0. The molecule has 0 spiro atoms. The van der Waals surface area contributed by atoms with Crippen molar-refractivity contribution in [2.24, 2.45) is 0 Å². The number of anilines is 1. The summed E-state index contributed by atoms with van der Waals surface area (Å²) in [5.41, 5.74) is 4.04. The lowest BCUT2D eigenvalue weighted by Crippen LogP contribution is -2.32. The number of benzene rings is 2. The first-order valence-corrected chi connectivity index (χ1v) is 8.30. The highest BCUT2D eigenvalue weighted by Crippen LogP contribution is 2.30. The van der Waals surface area contributed by atoms with E-state index in [0.29, 0.717) is 0 Å². The molecule has 0 unspecified atom stereocenters. The highest BCUT2D eigenvalue weighted by atomic mass is 32.2. The minimum Gasteiger partial charge on any atom is -0.327 e. The van der Waals surface area contributed by atoms with Crippen molar-refractivity contribution in [3.63, 3.8) is 0 Å². The first-order chi connectivity index (χ1) is 9.84. The second-order valence-electron chi connectivity index (χ2n) is 4.92. The van der Waals surface area contributed by atoms with Crippen LogP contribution in [0, 0.1) is 0 Å². The molecule has 0 aromatic heterocycles. The molecular weight excluding hydrogens is 282 g/mol. The Labute approximate surface area is 130 Å². The lowest BCUT2D eigenvalue weighted by molar-refractivity contribution is 0.784. The fraction of sp³-hybridized carbons (Fsp3) is 0.235. The molecule has 3 heteroatoms. The summed E-state index contributed by atoms with van der Waals surface area (Å²) in [6.45, 7) is 1.04. The van der Waals surface area contributed by atoms with Gasteiger partial charge in [0.2, 0.25) is 0 Å². The van der Waals surface area contributed by atoms with E-state index in [-0.39, 0.29) is 0 Å². The fourth-order valence-corrected chi connectivity index (χ4v) is 3.71. The Morgan fingerprint density at radius 1 is 1.05 bits per heavy atom. The van der Waals surface area contributed by atoms with Gasteiger partial charge >= 0.3 is 0 Å². The predicted octanol–water partition coefficient (Wildman–Crippen LogP) is 4.66. The quantitative estimate of drug-likeness (QED) is 0.743. The molecule has 0 saturated carbocycles. The molecule has 2 aromatic rings. The van der Waals surface area contributed by atoms with Gasteiger partial charge < -0.3 is 4.90 Å². The molecule has 0 N–H and O–H groups in total. The standard InChI is InChI=1S/C17H17NS2/c19-17(20-13-14-7-2-1-3-8-14)18-12-6-10-15-9-4-5-11-16(15)18/h1-5,7-9,11H,6,10,12-13H2. The predicted molar refractivity (Wildman–Crippen MR) is 92.4 cm³/mol. The van der Waals surface area contributed by atoms with Crippen molar-refractivity contribution in [2.75, 3.05) is 11.4 Å². The summed E-state index contributed by atoms with van der Waals surface area (Å²) in [5, 5.41) is 0. The van der Waals surface area contributed by atoms with Gasteiger partial charge in [-0.25, -0.2) is 0 Å². The zero-order chi connectivity index (χ0) is 13.8. The summed E-state index contributed by atoms with van der Waals surface area (Å²) < 4.78 is 0.987. The number of thiocarbonyl (C=S) groups is 1. The molecule has 2 aromatic carbocycles. The number of rotatable bonds is 2. The van der Waals surface area contributed by atoms with Gasteiger partial charge in [0, 0.05) is 18.0 Å². The molecule has 0 saturated heterocycles. The Balaban J connectivity index is 1.69. The zero-order valence-electron chi connectivity index (χ0n) is 11.3. The van der Waals surface area contributed by atoms with E-state index >= 15 is 0 Å². The van der Waals surface area contributed by atoms with Crippen molar-refractivity contribution in [2.45, 2.75) is 18.6 Å². The maximum Gasteiger partial charge on any atom is 0.141 e. The molecule has 1 heterocycles. The van der Waals surface area contributed by atoms with Gasteiger partial charge in [-0.05, 0) is 30.0 Å². The van der Waals surface area contributed by atoms with E-state index in [2.05, 4.69) is 53.4 Å². The third kappa shape index (κ3) is 3.05. The van der Waals surface area contributed by atoms with E-state index in [1.807, 2.05) is 6.07 Å². The van der Waals surface area contributed by atoms with Crippen LogP contribution in [0.1, 0.15) is 17.5 Å². The normalized spacial score (nSPS) is 13.9. The second-order valence-corrected chi connectivity index (χ2v) is 6.53. The molecule has 0 fully saturated rings. The van der Waals surface area contributed by atoms with Gasteiger partial charge in [0.1, 0.15) is 4.32 Å². The van der Waals surface area contributed by atoms with Gasteiger partial charge in [-0.3, -0.25) is 0 Å². The summed E-state index contributed by atoms with van der Waals surface area (Å²) in [4.78, 5) is 2.29. The molecule has 0 radical (unpaired) electrons. The molecule has 20 heavy (non-hydrogen) atoms. The molecule has 1 aliphatic rings. The third-order valence-corrected chi connectivity index (χ3v) is 5.05. The number of nitrogens with zero attached hydrogens (tertiary/aromatic N) is 1. The minimum absolute atomic E-state index is 0.943. The molecule has 0 bridgehead atoms. The first-order valence-electron chi connectivity index (χ1n) is 6.91. The Morgan fingerprint density at radius 2 is 1.80 bits per heavy atom. The molecule has 1 aliphatic heterocycles. The van der Waals surface area contributed by atoms with Crippen molar-refractivity contribution in [3.05, 3.63) is 65.7 Å². The summed E-state index contributed by atoms with van der Waals surface area (Å²) in [6, 6.07) is 19.1. The van der Waals surface area contributed by atoms with Crippen LogP contribution in [0.25, 0.3) is 0 Å². The average molecular weight is 299 g/mol. The van der Waals surface area contributed by atoms with Crippen molar-refractivity contribution in [3.8, 4) is 0 Å². The Hall–Kier alpha value is -1.32. The van der Waals surface area contributed by atoms with Crippen molar-refractivity contribution in [1.29, 1.82) is 0 Å². The molecule has 3 rings (SSSR count). The highest BCUT2D eigenvalue weighted by molar-refractivity contribution is 8.22. The van der Waals surface area contributed by atoms with E-state index < -0.39 is 0 Å². The highest BCUT2D eigenvalue weighted by Gasteiger charge is 2.19. The van der Waals surface area contributed by atoms with Gasteiger partial charge in [0.25, 0.3) is 0 Å². The van der Waals surface area contributed by atoms with E-state index in [0.717, 1.165) is 16.6 Å². The van der Waals surface area contributed by atoms with Gasteiger partial charge in [-0.1, -0.05) is 72.5 Å². The number of thioether (sulfide) groups is 1. The van der Waals surface area contributed by atoms with Gasteiger partial charge in [0.15, 0.2) is 0 Å². The molecule has 0 amide bonds. The van der Waals surface area contributed by atoms with Crippen LogP contribution in [0.5, 0.6) is 0 Å². The van der Waals surface area contributed by atoms with E-state index in [4.69, 9.17) is 12.2 Å². The fourth-order valence-electron chi connectivity index (χ4n) is 2.52. The zero-order valence-corrected chi connectivity index (χ0v) is 12.9. The van der Waals surface area contributed by atoms with Crippen LogP contribution in [0.15, 0.2) is 54.6 Å². The van der Waals surface area contributed by atoms with Crippen molar-refractivity contribution in [1.82, 2.24) is 0 Å². The van der Waals surface area contributed by atoms with Gasteiger partial charge in [0.05, 0.1) is 0 Å². The number of para-hydroxylation sites is 1. The summed E-state index contributed by atoms with van der Waals surface area (Å²) in [6.07, 6.45) is 2.35. The number of hydrogen-bond donors (Lipinski definition) is 0. The average Bonchev–Trinajstić information content (AvgIpc) is 2.53. The molecular formula is C17H17NS2. The van der Waals surface area contributed by atoms with Gasteiger partial charge in [-0.15, -0.1) is 0 Å². The topological polar surface area (TPSA) is 3.24 Å². The first kappa shape index (κ1) is 13.7. The third-order valence-electron chi connectivity index (χ3n) is 3.54. The smallest absolute Gasteiger partial charge is 0.141 e. The van der Waals surface area contributed by atoms with Crippen LogP contribution >= 0.6 is 24.0 Å². The Morgan fingerprint density at radius 3 is 2.65 bits per heavy atom. The van der Waals surface area contributed by atoms with E-state index in [9.17, 15) is 0 Å². The van der Waals surface area contributed by atoms with Crippen LogP contribution in [0.4, 0.5) is 5.69 Å². The maximum absolute atomic E-state index is 5.64. The van der Waals surface area contributed by atoms with Crippen molar-refractivity contribution >= 4 is 34.0 Å². The van der Waals surface area contributed by atoms with Crippen molar-refractivity contribution < 1.29 is 0 Å². The SMILES string of the molecule is S=C(SCc1ccccc1)N1CCCc2ccccc21. The monoisotopic (exact) mass is 299 g/mol. The van der Waals surface area contributed by atoms with E-state index in [1.54, 1.807) is 11.8 Å². The molecule has 102 valence electrons. The molecule has 0 atom stereocenters. The van der Waals surface area contributed by atoms with Crippen LogP contribution in [-0.4, -0.2) is 10.9 Å². The van der Waals surface area contributed by atoms with Crippen LogP contribution in [0.2, 0.25) is 0 Å². The number of fused-ring (bicyclic) bond motifs is 1. The van der Waals surface area contributed by atoms with E-state index in [1.165, 1.54) is 29.7 Å². The lowest BCUT2D eigenvalue weighted by atomic mass is 10.0. The number of aryl methyl sites for hydroxylation is 1.